The van der Waals surface area contributed by atoms with E-state index < -0.39 is 8.80 Å². The quantitative estimate of drug-likeness (QED) is 0.248. The number of allylic oxidation sites excluding steroid dienone is 6. The van der Waals surface area contributed by atoms with Gasteiger partial charge in [0.2, 0.25) is 0 Å². The van der Waals surface area contributed by atoms with Crippen molar-refractivity contribution in [2.75, 3.05) is 6.67 Å². The van der Waals surface area contributed by atoms with E-state index in [1.165, 1.54) is 54.4 Å². The molecule has 2 nitrogen and oxygen atoms in total. The maximum atomic E-state index is 4.24. The third kappa shape index (κ3) is 7.61. The van der Waals surface area contributed by atoms with E-state index in [1.807, 2.05) is 0 Å². The normalized spacial score (nSPS) is 19.6. The molecule has 1 aromatic carbocycles. The molecule has 0 bridgehead atoms. The Morgan fingerprint density at radius 1 is 1.20 bits per heavy atom. The Morgan fingerprint density at radius 2 is 1.91 bits per heavy atom. The Kier molecular flexibility index (Phi) is 10.3. The van der Waals surface area contributed by atoms with Crippen LogP contribution >= 0.6 is 0 Å². The molecule has 0 aromatic heterocycles. The van der Waals surface area contributed by atoms with Gasteiger partial charge in [0.25, 0.3) is 0 Å². The van der Waals surface area contributed by atoms with Gasteiger partial charge in [-0.25, -0.2) is 0 Å². The lowest BCUT2D eigenvalue weighted by Gasteiger charge is -2.37. The van der Waals surface area contributed by atoms with Crippen molar-refractivity contribution in [3.8, 4) is 0 Å². The summed E-state index contributed by atoms with van der Waals surface area (Å²) in [5.41, 5.74) is 6.94. The van der Waals surface area contributed by atoms with Crippen LogP contribution in [0.5, 0.6) is 0 Å². The SMILES string of the molecule is C=C(/C=C(\C=C/NCN1C=C([SiH](C)C)C(C(C)C)=CC1c1ccccc1C)CC1CCCC1)CC. The molecule has 1 aliphatic carbocycles. The Morgan fingerprint density at radius 3 is 2.54 bits per heavy atom. The number of aryl methyl sites for hydroxylation is 1. The van der Waals surface area contributed by atoms with Crippen molar-refractivity contribution in [1.82, 2.24) is 10.2 Å². The maximum absolute atomic E-state index is 4.24. The number of benzene rings is 1. The fourth-order valence-corrected chi connectivity index (χ4v) is 7.03. The minimum atomic E-state index is -0.947. The highest BCUT2D eigenvalue weighted by Crippen LogP contribution is 2.36. The summed E-state index contributed by atoms with van der Waals surface area (Å²) in [6.07, 6.45) is 19.5. The monoisotopic (exact) mass is 488 g/mol. The van der Waals surface area contributed by atoms with E-state index in [0.29, 0.717) is 5.92 Å². The molecular formula is C32H48N2Si. The molecule has 1 atom stereocenters. The van der Waals surface area contributed by atoms with Gasteiger partial charge in [0.15, 0.2) is 0 Å². The summed E-state index contributed by atoms with van der Waals surface area (Å²) >= 11 is 0. The van der Waals surface area contributed by atoms with E-state index in [0.717, 1.165) is 19.0 Å². The Bertz CT molecular complexity index is 973. The zero-order valence-corrected chi connectivity index (χ0v) is 24.3. The summed E-state index contributed by atoms with van der Waals surface area (Å²) < 4.78 is 0. The number of rotatable bonds is 11. The van der Waals surface area contributed by atoms with Crippen LogP contribution in [0.15, 0.2) is 83.4 Å². The number of hydrogen-bond acceptors (Lipinski definition) is 2. The largest absolute Gasteiger partial charge is 0.374 e. The van der Waals surface area contributed by atoms with Crippen molar-refractivity contribution in [2.45, 2.75) is 85.4 Å². The van der Waals surface area contributed by atoms with Crippen LogP contribution in [0.25, 0.3) is 0 Å². The summed E-state index contributed by atoms with van der Waals surface area (Å²) in [5, 5.41) is 5.24. The first-order valence-electron chi connectivity index (χ1n) is 13.8. The van der Waals surface area contributed by atoms with Gasteiger partial charge in [0, 0.05) is 6.20 Å². The molecule has 190 valence electrons. The summed E-state index contributed by atoms with van der Waals surface area (Å²) in [4.78, 5) is 2.51. The predicted octanol–water partition coefficient (Wildman–Crippen LogP) is 8.38. The zero-order chi connectivity index (χ0) is 25.4. The third-order valence-electron chi connectivity index (χ3n) is 7.62. The lowest BCUT2D eigenvalue weighted by Crippen LogP contribution is -2.35. The van der Waals surface area contributed by atoms with Crippen molar-refractivity contribution in [1.29, 1.82) is 0 Å². The molecule has 35 heavy (non-hydrogen) atoms. The molecule has 3 heteroatoms. The minimum absolute atomic E-state index is 0.263. The van der Waals surface area contributed by atoms with E-state index in [2.05, 4.69) is 112 Å². The fraction of sp³-hybridized carbons (Fsp3) is 0.500. The fourth-order valence-electron chi connectivity index (χ4n) is 5.45. The summed E-state index contributed by atoms with van der Waals surface area (Å²) in [7, 11) is -0.947. The van der Waals surface area contributed by atoms with Crippen molar-refractivity contribution < 1.29 is 0 Å². The number of hydrogen-bond donors (Lipinski definition) is 1. The summed E-state index contributed by atoms with van der Waals surface area (Å²) in [6.45, 7) is 19.0. The molecule has 0 amide bonds. The van der Waals surface area contributed by atoms with Gasteiger partial charge in [-0.15, -0.1) is 0 Å². The van der Waals surface area contributed by atoms with E-state index >= 15 is 0 Å². The van der Waals surface area contributed by atoms with Gasteiger partial charge in [-0.2, -0.15) is 0 Å². The molecule has 0 saturated heterocycles. The highest BCUT2D eigenvalue weighted by atomic mass is 28.3. The molecule has 1 N–H and O–H groups in total. The van der Waals surface area contributed by atoms with Crippen LogP contribution in [0.1, 0.15) is 76.5 Å². The standard InChI is InChI=1S/C32H48N2Si/c1-8-25(4)19-28(20-27-14-10-11-15-27)17-18-33-23-34-22-32(35(6)7)30(24(2)3)21-31(34)29-16-12-9-13-26(29)5/h9,12-13,16-19,21-22,24,27,31,33,35H,4,8,10-11,14-15,20,23H2,1-3,5-7H3/b18-17-,28-19+. The average molecular weight is 489 g/mol. The molecule has 3 rings (SSSR count). The first kappa shape index (κ1) is 27.3. The highest BCUT2D eigenvalue weighted by Gasteiger charge is 2.26. The van der Waals surface area contributed by atoms with Crippen LogP contribution in [0.3, 0.4) is 0 Å². The lowest BCUT2D eigenvalue weighted by molar-refractivity contribution is 0.304. The molecule has 0 radical (unpaired) electrons. The number of nitrogens with one attached hydrogen (secondary N) is 1. The second-order valence-corrected chi connectivity index (χ2v) is 14.0. The van der Waals surface area contributed by atoms with E-state index in [4.69, 9.17) is 0 Å². The first-order chi connectivity index (χ1) is 16.8. The maximum Gasteiger partial charge on any atom is 0.0875 e. The van der Waals surface area contributed by atoms with Gasteiger partial charge >= 0.3 is 0 Å². The van der Waals surface area contributed by atoms with Crippen molar-refractivity contribution in [3.63, 3.8) is 0 Å². The average Bonchev–Trinajstić information content (AvgIpc) is 3.34. The Balaban J connectivity index is 1.79. The molecule has 1 heterocycles. The summed E-state index contributed by atoms with van der Waals surface area (Å²) in [6, 6.07) is 9.11. The molecule has 1 aliphatic heterocycles. The van der Waals surface area contributed by atoms with Crippen molar-refractivity contribution in [3.05, 3.63) is 94.5 Å². The molecule has 0 spiro atoms. The molecule has 1 fully saturated rings. The van der Waals surface area contributed by atoms with Gasteiger partial charge in [0.1, 0.15) is 0 Å². The van der Waals surface area contributed by atoms with Crippen LogP contribution in [0, 0.1) is 18.8 Å². The predicted molar refractivity (Wildman–Crippen MR) is 157 cm³/mol. The second-order valence-electron chi connectivity index (χ2n) is 11.1. The van der Waals surface area contributed by atoms with Crippen LogP contribution in [-0.4, -0.2) is 20.4 Å². The van der Waals surface area contributed by atoms with Gasteiger partial charge in [-0.05, 0) is 71.3 Å². The van der Waals surface area contributed by atoms with Crippen molar-refractivity contribution >= 4 is 8.80 Å². The van der Waals surface area contributed by atoms with Crippen molar-refractivity contribution in [2.24, 2.45) is 11.8 Å². The summed E-state index contributed by atoms with van der Waals surface area (Å²) in [5.74, 6) is 1.39. The van der Waals surface area contributed by atoms with E-state index in [-0.39, 0.29) is 6.04 Å². The van der Waals surface area contributed by atoms with Crippen LogP contribution in [0.2, 0.25) is 13.1 Å². The molecule has 1 unspecified atom stereocenters. The molecule has 1 saturated carbocycles. The topological polar surface area (TPSA) is 15.3 Å². The Labute approximate surface area is 217 Å². The zero-order valence-electron chi connectivity index (χ0n) is 23.1. The van der Waals surface area contributed by atoms with E-state index in [9.17, 15) is 0 Å². The van der Waals surface area contributed by atoms with Crippen LogP contribution in [0.4, 0.5) is 0 Å². The molecule has 2 aliphatic rings. The van der Waals surface area contributed by atoms with E-state index in [1.54, 1.807) is 10.8 Å². The van der Waals surface area contributed by atoms with Gasteiger partial charge in [0.05, 0.1) is 21.5 Å². The molecular weight excluding hydrogens is 440 g/mol. The molecule has 1 aromatic rings. The lowest BCUT2D eigenvalue weighted by atomic mass is 9.92. The van der Waals surface area contributed by atoms with Gasteiger partial charge in [-0.3, -0.25) is 0 Å². The van der Waals surface area contributed by atoms with Crippen LogP contribution < -0.4 is 5.32 Å². The number of nitrogens with zero attached hydrogens (tertiary/aromatic N) is 1. The third-order valence-corrected chi connectivity index (χ3v) is 9.34. The first-order valence-corrected chi connectivity index (χ1v) is 16.7. The highest BCUT2D eigenvalue weighted by molar-refractivity contribution is 6.65. The second kappa shape index (κ2) is 13.2. The van der Waals surface area contributed by atoms with Gasteiger partial charge < -0.3 is 10.2 Å². The minimum Gasteiger partial charge on any atom is -0.374 e. The Hall–Kier alpha value is -2.26. The van der Waals surface area contributed by atoms with Crippen LogP contribution in [-0.2, 0) is 0 Å². The smallest absolute Gasteiger partial charge is 0.0875 e. The van der Waals surface area contributed by atoms with Gasteiger partial charge in [-0.1, -0.05) is 108 Å².